The van der Waals surface area contributed by atoms with E-state index < -0.39 is 0 Å². The van der Waals surface area contributed by atoms with Crippen LogP contribution < -0.4 is 10.6 Å². The molecule has 1 fully saturated rings. The molecule has 1 amide bonds. The maximum atomic E-state index is 13.1. The van der Waals surface area contributed by atoms with Crippen LogP contribution in [0, 0.1) is 11.7 Å². The van der Waals surface area contributed by atoms with E-state index in [1.54, 1.807) is 12.1 Å². The molecule has 3 unspecified atom stereocenters. The molecule has 2 rings (SSSR count). The van der Waals surface area contributed by atoms with E-state index in [0.29, 0.717) is 11.5 Å². The third-order valence-electron chi connectivity index (χ3n) is 3.60. The molecule has 1 aromatic rings. The molecule has 0 spiro atoms. The van der Waals surface area contributed by atoms with Gasteiger partial charge in [0.15, 0.2) is 0 Å². The van der Waals surface area contributed by atoms with E-state index >= 15 is 0 Å². The third kappa shape index (κ3) is 3.91. The predicted octanol–water partition coefficient (Wildman–Crippen LogP) is 2.36. The summed E-state index contributed by atoms with van der Waals surface area (Å²) in [4.78, 5) is 12.1. The molecule has 5 heteroatoms. The normalized spacial score (nSPS) is 26.4. The molecule has 3 atom stereocenters. The minimum absolute atomic E-state index is 0. The van der Waals surface area contributed by atoms with Crippen LogP contribution in [-0.4, -0.2) is 24.5 Å². The quantitative estimate of drug-likeness (QED) is 0.876. The molecule has 3 nitrogen and oxygen atoms in total. The highest BCUT2D eigenvalue weighted by atomic mass is 35.5. The van der Waals surface area contributed by atoms with Crippen molar-refractivity contribution in [2.24, 2.45) is 5.92 Å². The molecule has 0 bridgehead atoms. The van der Waals surface area contributed by atoms with E-state index in [9.17, 15) is 9.18 Å². The van der Waals surface area contributed by atoms with Gasteiger partial charge in [0, 0.05) is 17.6 Å². The Labute approximate surface area is 119 Å². The smallest absolute Gasteiger partial charge is 0.251 e. The summed E-state index contributed by atoms with van der Waals surface area (Å²) in [5.74, 6) is -0.161. The fraction of sp³-hybridized carbons (Fsp3) is 0.500. The first-order valence-electron chi connectivity index (χ1n) is 6.37. The Bertz CT molecular complexity index is 431. The number of hydrogen-bond donors (Lipinski definition) is 2. The monoisotopic (exact) mass is 286 g/mol. The van der Waals surface area contributed by atoms with Crippen LogP contribution in [0.25, 0.3) is 0 Å². The molecule has 0 radical (unpaired) electrons. The molecule has 1 aromatic carbocycles. The molecular weight excluding hydrogens is 267 g/mol. The van der Waals surface area contributed by atoms with Crippen LogP contribution >= 0.6 is 12.4 Å². The van der Waals surface area contributed by atoms with Gasteiger partial charge in [0.1, 0.15) is 5.82 Å². The Hall–Kier alpha value is -1.13. The van der Waals surface area contributed by atoms with Gasteiger partial charge in [0.25, 0.3) is 5.91 Å². The highest BCUT2D eigenvalue weighted by Crippen LogP contribution is 2.17. The van der Waals surface area contributed by atoms with Crippen LogP contribution in [-0.2, 0) is 0 Å². The van der Waals surface area contributed by atoms with Gasteiger partial charge in [-0.25, -0.2) is 4.39 Å². The van der Waals surface area contributed by atoms with Crippen LogP contribution in [0.5, 0.6) is 0 Å². The molecule has 0 saturated carbocycles. The number of carbonyl (C=O) groups excluding carboxylic acids is 1. The van der Waals surface area contributed by atoms with E-state index in [0.717, 1.165) is 13.0 Å². The Morgan fingerprint density at radius 3 is 2.79 bits per heavy atom. The fourth-order valence-corrected chi connectivity index (χ4v) is 2.47. The summed E-state index contributed by atoms with van der Waals surface area (Å²) in [6.45, 7) is 5.18. The summed E-state index contributed by atoms with van der Waals surface area (Å²) in [6, 6.07) is 6.12. The zero-order valence-electron chi connectivity index (χ0n) is 11.2. The van der Waals surface area contributed by atoms with Gasteiger partial charge >= 0.3 is 0 Å². The van der Waals surface area contributed by atoms with Gasteiger partial charge in [-0.15, -0.1) is 12.4 Å². The lowest BCUT2D eigenvalue weighted by atomic mass is 9.89. The average Bonchev–Trinajstić information content (AvgIpc) is 2.34. The van der Waals surface area contributed by atoms with E-state index in [1.807, 2.05) is 0 Å². The standard InChI is InChI=1S/C14H19FN2O.ClH/c1-9-6-7-16-10(2)13(9)17-14(18)11-4-3-5-12(15)8-11;/h3-5,8-10,13,16H,6-7H2,1-2H3,(H,17,18);1H. The second-order valence-corrected chi connectivity index (χ2v) is 5.02. The minimum atomic E-state index is -0.384. The van der Waals surface area contributed by atoms with Crippen LogP contribution in [0.2, 0.25) is 0 Å². The van der Waals surface area contributed by atoms with Crippen molar-refractivity contribution in [3.05, 3.63) is 35.6 Å². The number of rotatable bonds is 2. The number of benzene rings is 1. The van der Waals surface area contributed by atoms with Crippen LogP contribution in [0.3, 0.4) is 0 Å². The number of nitrogens with one attached hydrogen (secondary N) is 2. The predicted molar refractivity (Wildman–Crippen MR) is 76.1 cm³/mol. The van der Waals surface area contributed by atoms with Crippen molar-refractivity contribution in [3.63, 3.8) is 0 Å². The highest BCUT2D eigenvalue weighted by molar-refractivity contribution is 5.94. The Kier molecular flexibility index (Phi) is 5.76. The molecule has 0 aromatic heterocycles. The lowest BCUT2D eigenvalue weighted by Gasteiger charge is -2.36. The van der Waals surface area contributed by atoms with E-state index in [2.05, 4.69) is 24.5 Å². The topological polar surface area (TPSA) is 41.1 Å². The van der Waals surface area contributed by atoms with Gasteiger partial charge in [0.05, 0.1) is 0 Å². The van der Waals surface area contributed by atoms with Crippen molar-refractivity contribution in [3.8, 4) is 0 Å². The first-order chi connectivity index (χ1) is 8.58. The summed E-state index contributed by atoms with van der Waals surface area (Å²) < 4.78 is 13.1. The highest BCUT2D eigenvalue weighted by Gasteiger charge is 2.28. The molecule has 0 aliphatic carbocycles. The molecule has 106 valence electrons. The Morgan fingerprint density at radius 1 is 1.42 bits per heavy atom. The number of amides is 1. The molecule has 2 N–H and O–H groups in total. The molecule has 1 heterocycles. The second-order valence-electron chi connectivity index (χ2n) is 5.02. The lowest BCUT2D eigenvalue weighted by Crippen LogP contribution is -2.55. The first kappa shape index (κ1) is 15.9. The van der Waals surface area contributed by atoms with Crippen LogP contribution in [0.1, 0.15) is 30.6 Å². The number of carbonyl (C=O) groups is 1. The van der Waals surface area contributed by atoms with E-state index in [4.69, 9.17) is 0 Å². The molecule has 1 saturated heterocycles. The summed E-state index contributed by atoms with van der Waals surface area (Å²) in [7, 11) is 0. The Morgan fingerprint density at radius 2 is 2.16 bits per heavy atom. The van der Waals surface area contributed by atoms with Crippen LogP contribution in [0.4, 0.5) is 4.39 Å². The van der Waals surface area contributed by atoms with Crippen molar-refractivity contribution in [2.75, 3.05) is 6.54 Å². The van der Waals surface area contributed by atoms with Crippen molar-refractivity contribution in [1.29, 1.82) is 0 Å². The SMILES string of the molecule is CC1CCNC(C)C1NC(=O)c1cccc(F)c1.Cl. The van der Waals surface area contributed by atoms with E-state index in [-0.39, 0.29) is 36.2 Å². The summed E-state index contributed by atoms with van der Waals surface area (Å²) in [5.41, 5.74) is 0.375. The molecular formula is C14H20ClFN2O. The number of piperidine rings is 1. The number of hydrogen-bond acceptors (Lipinski definition) is 2. The van der Waals surface area contributed by atoms with Gasteiger partial charge in [-0.05, 0) is 44.0 Å². The fourth-order valence-electron chi connectivity index (χ4n) is 2.47. The second kappa shape index (κ2) is 6.87. The van der Waals surface area contributed by atoms with Crippen molar-refractivity contribution < 1.29 is 9.18 Å². The van der Waals surface area contributed by atoms with Gasteiger partial charge in [-0.1, -0.05) is 13.0 Å². The van der Waals surface area contributed by atoms with Crippen molar-refractivity contribution in [1.82, 2.24) is 10.6 Å². The van der Waals surface area contributed by atoms with Crippen LogP contribution in [0.15, 0.2) is 24.3 Å². The van der Waals surface area contributed by atoms with Crippen molar-refractivity contribution >= 4 is 18.3 Å². The number of halogens is 2. The summed E-state index contributed by atoms with van der Waals surface area (Å²) in [6.07, 6.45) is 1.04. The van der Waals surface area contributed by atoms with Crippen molar-refractivity contribution in [2.45, 2.75) is 32.4 Å². The molecule has 19 heavy (non-hydrogen) atoms. The third-order valence-corrected chi connectivity index (χ3v) is 3.60. The Balaban J connectivity index is 0.00000180. The lowest BCUT2D eigenvalue weighted by molar-refractivity contribution is 0.0897. The van der Waals surface area contributed by atoms with E-state index in [1.165, 1.54) is 12.1 Å². The van der Waals surface area contributed by atoms with Gasteiger partial charge in [0.2, 0.25) is 0 Å². The largest absolute Gasteiger partial charge is 0.347 e. The van der Waals surface area contributed by atoms with Gasteiger partial charge < -0.3 is 10.6 Å². The molecule has 1 aliphatic rings. The van der Waals surface area contributed by atoms with Gasteiger partial charge in [-0.2, -0.15) is 0 Å². The summed E-state index contributed by atoms with van der Waals surface area (Å²) in [5, 5.41) is 6.34. The summed E-state index contributed by atoms with van der Waals surface area (Å²) >= 11 is 0. The molecule has 1 aliphatic heterocycles. The maximum absolute atomic E-state index is 13.1. The van der Waals surface area contributed by atoms with Gasteiger partial charge in [-0.3, -0.25) is 4.79 Å². The maximum Gasteiger partial charge on any atom is 0.251 e. The first-order valence-corrected chi connectivity index (χ1v) is 6.37. The zero-order valence-corrected chi connectivity index (χ0v) is 12.0. The zero-order chi connectivity index (χ0) is 13.1. The minimum Gasteiger partial charge on any atom is -0.347 e. The average molecular weight is 287 g/mol.